The molecule has 3 N–H and O–H groups in total. The van der Waals surface area contributed by atoms with Gasteiger partial charge in [-0.25, -0.2) is 0 Å². The van der Waals surface area contributed by atoms with Crippen LogP contribution in [0.2, 0.25) is 5.02 Å². The van der Waals surface area contributed by atoms with Gasteiger partial charge in [0.2, 0.25) is 0 Å². The number of nitrogens with zero attached hydrogens (tertiary/aromatic N) is 1. The van der Waals surface area contributed by atoms with Gasteiger partial charge in [-0.1, -0.05) is 18.0 Å². The molecule has 0 aromatic heterocycles. The Morgan fingerprint density at radius 1 is 1.33 bits per heavy atom. The van der Waals surface area contributed by atoms with Crippen molar-refractivity contribution >= 4 is 11.6 Å². The summed E-state index contributed by atoms with van der Waals surface area (Å²) in [7, 11) is 0. The summed E-state index contributed by atoms with van der Waals surface area (Å²) in [5.41, 5.74) is 6.80. The van der Waals surface area contributed by atoms with E-state index < -0.39 is 5.66 Å². The zero-order chi connectivity index (χ0) is 13.2. The first kappa shape index (κ1) is 13.7. The van der Waals surface area contributed by atoms with Crippen molar-refractivity contribution < 1.29 is 5.11 Å². The molecule has 1 atom stereocenters. The molecule has 3 nitrogen and oxygen atoms in total. The van der Waals surface area contributed by atoms with E-state index in [4.69, 9.17) is 17.3 Å². The lowest BCUT2D eigenvalue weighted by atomic mass is 9.97. The SMILES string of the molecule is CC(N)(Cc1cc(Cl)ccc1O)N1CCCCC1. The van der Waals surface area contributed by atoms with Crippen LogP contribution in [0.3, 0.4) is 0 Å². The third-order valence-electron chi connectivity index (χ3n) is 3.67. The standard InChI is InChI=1S/C14H21ClN2O/c1-14(16,17-7-3-2-4-8-17)10-11-9-12(15)5-6-13(11)18/h5-6,9,18H,2-4,7-8,10,16H2,1H3. The predicted octanol–water partition coefficient (Wildman–Crippen LogP) is 2.75. The van der Waals surface area contributed by atoms with Crippen molar-refractivity contribution in [2.45, 2.75) is 38.3 Å². The summed E-state index contributed by atoms with van der Waals surface area (Å²) in [4.78, 5) is 2.30. The number of rotatable bonds is 3. The van der Waals surface area contributed by atoms with Crippen LogP contribution in [0.15, 0.2) is 18.2 Å². The lowest BCUT2D eigenvalue weighted by Crippen LogP contribution is -2.56. The van der Waals surface area contributed by atoms with Gasteiger partial charge in [0, 0.05) is 11.4 Å². The maximum atomic E-state index is 9.86. The Morgan fingerprint density at radius 3 is 2.67 bits per heavy atom. The van der Waals surface area contributed by atoms with E-state index >= 15 is 0 Å². The first-order chi connectivity index (χ1) is 8.49. The Bertz CT molecular complexity index is 414. The first-order valence-electron chi connectivity index (χ1n) is 6.50. The molecule has 2 rings (SSSR count). The fourth-order valence-electron chi connectivity index (χ4n) is 2.60. The Balaban J connectivity index is 2.13. The minimum Gasteiger partial charge on any atom is -0.508 e. The van der Waals surface area contributed by atoms with Crippen molar-refractivity contribution in [2.75, 3.05) is 13.1 Å². The molecular formula is C14H21ClN2O. The van der Waals surface area contributed by atoms with E-state index in [1.54, 1.807) is 18.2 Å². The van der Waals surface area contributed by atoms with Gasteiger partial charge in [-0.3, -0.25) is 4.90 Å². The second-order valence-corrected chi connectivity index (χ2v) is 5.79. The number of nitrogens with two attached hydrogens (primary N) is 1. The van der Waals surface area contributed by atoms with Crippen LogP contribution in [0.4, 0.5) is 0 Å². The molecular weight excluding hydrogens is 248 g/mol. The average molecular weight is 269 g/mol. The van der Waals surface area contributed by atoms with Crippen molar-refractivity contribution in [3.8, 4) is 5.75 Å². The van der Waals surface area contributed by atoms with E-state index in [1.165, 1.54) is 19.3 Å². The summed E-state index contributed by atoms with van der Waals surface area (Å²) in [5.74, 6) is 0.271. The van der Waals surface area contributed by atoms with Crippen LogP contribution in [0, 0.1) is 0 Å². The second kappa shape index (κ2) is 5.47. The molecule has 1 heterocycles. The van der Waals surface area contributed by atoms with Gasteiger partial charge in [0.05, 0.1) is 5.66 Å². The van der Waals surface area contributed by atoms with Crippen LogP contribution >= 0.6 is 11.6 Å². The Kier molecular flexibility index (Phi) is 4.15. The average Bonchev–Trinajstić information content (AvgIpc) is 2.35. The quantitative estimate of drug-likeness (QED) is 0.886. The highest BCUT2D eigenvalue weighted by atomic mass is 35.5. The van der Waals surface area contributed by atoms with E-state index in [9.17, 15) is 5.11 Å². The Hall–Kier alpha value is -0.770. The summed E-state index contributed by atoms with van der Waals surface area (Å²) in [6.07, 6.45) is 4.30. The van der Waals surface area contributed by atoms with Gasteiger partial charge in [-0.2, -0.15) is 0 Å². The van der Waals surface area contributed by atoms with Crippen molar-refractivity contribution in [2.24, 2.45) is 5.73 Å². The molecule has 1 saturated heterocycles. The number of likely N-dealkylation sites (tertiary alicyclic amines) is 1. The lowest BCUT2D eigenvalue weighted by Gasteiger charge is -2.41. The minimum atomic E-state index is -0.428. The largest absolute Gasteiger partial charge is 0.508 e. The van der Waals surface area contributed by atoms with Crippen molar-refractivity contribution in [3.63, 3.8) is 0 Å². The summed E-state index contributed by atoms with van der Waals surface area (Å²) in [5, 5.41) is 10.5. The molecule has 0 bridgehead atoms. The summed E-state index contributed by atoms with van der Waals surface area (Å²) in [6, 6.07) is 5.12. The Labute approximate surface area is 114 Å². The molecule has 1 aliphatic heterocycles. The van der Waals surface area contributed by atoms with E-state index in [0.717, 1.165) is 18.7 Å². The third-order valence-corrected chi connectivity index (χ3v) is 3.90. The molecule has 1 fully saturated rings. The summed E-state index contributed by atoms with van der Waals surface area (Å²) < 4.78 is 0. The van der Waals surface area contributed by atoms with Crippen LogP contribution in [-0.2, 0) is 6.42 Å². The number of hydrogen-bond acceptors (Lipinski definition) is 3. The molecule has 0 spiro atoms. The van der Waals surface area contributed by atoms with E-state index in [2.05, 4.69) is 4.90 Å². The zero-order valence-electron chi connectivity index (χ0n) is 10.8. The van der Waals surface area contributed by atoms with Crippen molar-refractivity contribution in [1.29, 1.82) is 0 Å². The fraction of sp³-hybridized carbons (Fsp3) is 0.571. The van der Waals surface area contributed by atoms with Gasteiger partial charge in [0.25, 0.3) is 0 Å². The molecule has 18 heavy (non-hydrogen) atoms. The van der Waals surface area contributed by atoms with Crippen LogP contribution in [-0.4, -0.2) is 28.8 Å². The highest BCUT2D eigenvalue weighted by Gasteiger charge is 2.29. The maximum absolute atomic E-state index is 9.86. The summed E-state index contributed by atoms with van der Waals surface area (Å²) >= 11 is 5.97. The van der Waals surface area contributed by atoms with Crippen LogP contribution in [0.5, 0.6) is 5.75 Å². The van der Waals surface area contributed by atoms with Crippen molar-refractivity contribution in [3.05, 3.63) is 28.8 Å². The number of phenolic OH excluding ortho intramolecular Hbond substituents is 1. The number of aromatic hydroxyl groups is 1. The second-order valence-electron chi connectivity index (χ2n) is 5.35. The number of piperidine rings is 1. The van der Waals surface area contributed by atoms with Gasteiger partial charge in [-0.15, -0.1) is 0 Å². The number of hydrogen-bond donors (Lipinski definition) is 2. The molecule has 1 aliphatic rings. The zero-order valence-corrected chi connectivity index (χ0v) is 11.6. The molecule has 4 heteroatoms. The lowest BCUT2D eigenvalue weighted by molar-refractivity contribution is 0.0851. The van der Waals surface area contributed by atoms with Crippen molar-refractivity contribution in [1.82, 2.24) is 4.90 Å². The van der Waals surface area contributed by atoms with Crippen LogP contribution in [0.25, 0.3) is 0 Å². The normalized spacial score (nSPS) is 20.6. The molecule has 0 aliphatic carbocycles. The van der Waals surface area contributed by atoms with E-state index in [-0.39, 0.29) is 5.75 Å². The molecule has 1 aromatic carbocycles. The third kappa shape index (κ3) is 3.16. The van der Waals surface area contributed by atoms with Crippen LogP contribution in [0.1, 0.15) is 31.7 Å². The Morgan fingerprint density at radius 2 is 2.00 bits per heavy atom. The van der Waals surface area contributed by atoms with Gasteiger partial charge in [0.1, 0.15) is 5.75 Å². The highest BCUT2D eigenvalue weighted by Crippen LogP contribution is 2.27. The van der Waals surface area contributed by atoms with Crippen LogP contribution < -0.4 is 5.73 Å². The molecule has 0 amide bonds. The minimum absolute atomic E-state index is 0.271. The monoisotopic (exact) mass is 268 g/mol. The topological polar surface area (TPSA) is 49.5 Å². The number of benzene rings is 1. The number of halogens is 1. The van der Waals surface area contributed by atoms with Gasteiger partial charge < -0.3 is 10.8 Å². The molecule has 0 saturated carbocycles. The maximum Gasteiger partial charge on any atom is 0.118 e. The highest BCUT2D eigenvalue weighted by molar-refractivity contribution is 6.30. The molecule has 0 radical (unpaired) electrons. The first-order valence-corrected chi connectivity index (χ1v) is 6.88. The predicted molar refractivity (Wildman–Crippen MR) is 74.8 cm³/mol. The van der Waals surface area contributed by atoms with Gasteiger partial charge in [-0.05, 0) is 56.6 Å². The molecule has 100 valence electrons. The fourth-order valence-corrected chi connectivity index (χ4v) is 2.79. The number of phenols is 1. The van der Waals surface area contributed by atoms with Gasteiger partial charge >= 0.3 is 0 Å². The van der Waals surface area contributed by atoms with E-state index in [0.29, 0.717) is 11.4 Å². The molecule has 1 unspecified atom stereocenters. The van der Waals surface area contributed by atoms with E-state index in [1.807, 2.05) is 6.92 Å². The smallest absolute Gasteiger partial charge is 0.118 e. The molecule has 1 aromatic rings. The van der Waals surface area contributed by atoms with Gasteiger partial charge in [0.15, 0.2) is 0 Å². The summed E-state index contributed by atoms with van der Waals surface area (Å²) in [6.45, 7) is 4.10.